The number of para-hydroxylation sites is 1. The lowest BCUT2D eigenvalue weighted by atomic mass is 10.1. The van der Waals surface area contributed by atoms with Gasteiger partial charge in [0.2, 0.25) is 0 Å². The summed E-state index contributed by atoms with van der Waals surface area (Å²) in [5.74, 6) is 1.08. The van der Waals surface area contributed by atoms with Gasteiger partial charge < -0.3 is 9.73 Å². The Bertz CT molecular complexity index is 543. The molecule has 2 rings (SSSR count). The molecule has 0 aliphatic heterocycles. The van der Waals surface area contributed by atoms with Crippen molar-refractivity contribution < 1.29 is 4.42 Å². The van der Waals surface area contributed by atoms with E-state index in [2.05, 4.69) is 45.1 Å². The molecule has 2 heteroatoms. The highest BCUT2D eigenvalue weighted by Gasteiger charge is 2.17. The molecule has 0 bridgehead atoms. The molecular weight excluding hydrogens is 246 g/mol. The predicted molar refractivity (Wildman–Crippen MR) is 86.1 cm³/mol. The number of hydrogen-bond acceptors (Lipinski definition) is 2. The SMILES string of the molecule is CCCCCC(C)NC(C)c1oc2ccccc2c1C. The zero-order valence-electron chi connectivity index (χ0n) is 13.2. The largest absolute Gasteiger partial charge is 0.459 e. The molecule has 1 N–H and O–H groups in total. The molecule has 2 unspecified atom stereocenters. The van der Waals surface area contributed by atoms with E-state index in [9.17, 15) is 0 Å². The van der Waals surface area contributed by atoms with Crippen molar-refractivity contribution in [1.29, 1.82) is 0 Å². The normalized spacial score (nSPS) is 14.6. The van der Waals surface area contributed by atoms with Crippen molar-refractivity contribution in [1.82, 2.24) is 5.32 Å². The van der Waals surface area contributed by atoms with Crippen LogP contribution in [-0.4, -0.2) is 6.04 Å². The van der Waals surface area contributed by atoms with Crippen LogP contribution in [0.3, 0.4) is 0 Å². The van der Waals surface area contributed by atoms with Crippen molar-refractivity contribution in [2.75, 3.05) is 0 Å². The van der Waals surface area contributed by atoms with Gasteiger partial charge in [0.25, 0.3) is 0 Å². The van der Waals surface area contributed by atoms with Crippen LogP contribution in [0, 0.1) is 6.92 Å². The molecule has 2 atom stereocenters. The average molecular weight is 273 g/mol. The molecule has 0 saturated heterocycles. The number of furan rings is 1. The van der Waals surface area contributed by atoms with E-state index in [1.54, 1.807) is 0 Å². The van der Waals surface area contributed by atoms with E-state index in [0.29, 0.717) is 6.04 Å². The van der Waals surface area contributed by atoms with Crippen LogP contribution in [0.4, 0.5) is 0 Å². The maximum atomic E-state index is 6.02. The predicted octanol–water partition coefficient (Wildman–Crippen LogP) is 5.36. The van der Waals surface area contributed by atoms with Gasteiger partial charge >= 0.3 is 0 Å². The molecule has 0 fully saturated rings. The van der Waals surface area contributed by atoms with E-state index in [1.165, 1.54) is 36.6 Å². The van der Waals surface area contributed by atoms with E-state index in [4.69, 9.17) is 4.42 Å². The highest BCUT2D eigenvalue weighted by Crippen LogP contribution is 2.29. The van der Waals surface area contributed by atoms with Crippen LogP contribution in [0.5, 0.6) is 0 Å². The first-order chi connectivity index (χ1) is 9.63. The maximum absolute atomic E-state index is 6.02. The van der Waals surface area contributed by atoms with Gasteiger partial charge in [0, 0.05) is 11.4 Å². The number of fused-ring (bicyclic) bond motifs is 1. The van der Waals surface area contributed by atoms with Crippen molar-refractivity contribution >= 4 is 11.0 Å². The third-order valence-corrected chi connectivity index (χ3v) is 4.05. The number of hydrogen-bond donors (Lipinski definition) is 1. The summed E-state index contributed by atoms with van der Waals surface area (Å²) in [7, 11) is 0. The second-order valence-corrected chi connectivity index (χ2v) is 5.87. The molecule has 0 spiro atoms. The molecule has 0 aliphatic carbocycles. The van der Waals surface area contributed by atoms with Gasteiger partial charge in [0.05, 0.1) is 6.04 Å². The highest BCUT2D eigenvalue weighted by molar-refractivity contribution is 5.82. The number of rotatable bonds is 7. The van der Waals surface area contributed by atoms with Crippen LogP contribution in [0.25, 0.3) is 11.0 Å². The smallest absolute Gasteiger partial charge is 0.134 e. The Hall–Kier alpha value is -1.28. The molecule has 20 heavy (non-hydrogen) atoms. The lowest BCUT2D eigenvalue weighted by Crippen LogP contribution is -2.28. The summed E-state index contributed by atoms with van der Waals surface area (Å²) in [5.41, 5.74) is 2.26. The van der Waals surface area contributed by atoms with Gasteiger partial charge in [-0.3, -0.25) is 0 Å². The molecule has 1 aromatic heterocycles. The van der Waals surface area contributed by atoms with Gasteiger partial charge in [-0.15, -0.1) is 0 Å². The summed E-state index contributed by atoms with van der Waals surface area (Å²) < 4.78 is 6.02. The van der Waals surface area contributed by atoms with Gasteiger partial charge in [0.1, 0.15) is 11.3 Å². The van der Waals surface area contributed by atoms with Gasteiger partial charge in [-0.05, 0) is 38.8 Å². The van der Waals surface area contributed by atoms with Gasteiger partial charge in [-0.1, -0.05) is 44.4 Å². The lowest BCUT2D eigenvalue weighted by Gasteiger charge is -2.19. The molecule has 0 aliphatic rings. The molecule has 0 radical (unpaired) electrons. The maximum Gasteiger partial charge on any atom is 0.134 e. The molecule has 1 heterocycles. The number of aryl methyl sites for hydroxylation is 1. The van der Waals surface area contributed by atoms with E-state index in [-0.39, 0.29) is 6.04 Å². The van der Waals surface area contributed by atoms with Gasteiger partial charge in [-0.25, -0.2) is 0 Å². The molecule has 110 valence electrons. The standard InChI is InChI=1S/C18H27NO/c1-5-6-7-10-13(2)19-15(4)18-14(3)16-11-8-9-12-17(16)20-18/h8-9,11-13,15,19H,5-7,10H2,1-4H3. The van der Waals surface area contributed by atoms with Crippen LogP contribution < -0.4 is 5.32 Å². The van der Waals surface area contributed by atoms with Crippen molar-refractivity contribution in [3.05, 3.63) is 35.6 Å². The fourth-order valence-electron chi connectivity index (χ4n) is 2.89. The summed E-state index contributed by atoms with van der Waals surface area (Å²) in [6, 6.07) is 9.07. The van der Waals surface area contributed by atoms with Crippen LogP contribution in [0.15, 0.2) is 28.7 Å². The number of nitrogens with one attached hydrogen (secondary N) is 1. The minimum atomic E-state index is 0.263. The monoisotopic (exact) mass is 273 g/mol. The van der Waals surface area contributed by atoms with Crippen LogP contribution in [0.2, 0.25) is 0 Å². The highest BCUT2D eigenvalue weighted by atomic mass is 16.3. The van der Waals surface area contributed by atoms with Gasteiger partial charge in [-0.2, -0.15) is 0 Å². The Morgan fingerprint density at radius 1 is 1.15 bits per heavy atom. The van der Waals surface area contributed by atoms with Crippen molar-refractivity contribution in [3.8, 4) is 0 Å². The minimum absolute atomic E-state index is 0.263. The topological polar surface area (TPSA) is 25.2 Å². The summed E-state index contributed by atoms with van der Waals surface area (Å²) >= 11 is 0. The average Bonchev–Trinajstić information content (AvgIpc) is 2.77. The first-order valence-corrected chi connectivity index (χ1v) is 7.87. The third-order valence-electron chi connectivity index (χ3n) is 4.05. The molecule has 2 nitrogen and oxygen atoms in total. The minimum Gasteiger partial charge on any atom is -0.459 e. The zero-order chi connectivity index (χ0) is 14.5. The summed E-state index contributed by atoms with van der Waals surface area (Å²) in [5, 5.41) is 4.89. The fraction of sp³-hybridized carbons (Fsp3) is 0.556. The Morgan fingerprint density at radius 2 is 1.90 bits per heavy atom. The van der Waals surface area contributed by atoms with Crippen LogP contribution in [-0.2, 0) is 0 Å². The molecule has 0 saturated carbocycles. The van der Waals surface area contributed by atoms with Crippen LogP contribution >= 0.6 is 0 Å². The van der Waals surface area contributed by atoms with Gasteiger partial charge in [0.15, 0.2) is 0 Å². The van der Waals surface area contributed by atoms with Crippen LogP contribution in [0.1, 0.15) is 63.8 Å². The summed E-state index contributed by atoms with van der Waals surface area (Å²) in [6.07, 6.45) is 5.14. The molecule has 2 aromatic rings. The van der Waals surface area contributed by atoms with Crippen molar-refractivity contribution in [2.24, 2.45) is 0 Å². The van der Waals surface area contributed by atoms with Crippen molar-refractivity contribution in [3.63, 3.8) is 0 Å². The van der Waals surface area contributed by atoms with E-state index in [0.717, 1.165) is 11.3 Å². The first kappa shape index (κ1) is 15.1. The molecular formula is C18H27NO. The van der Waals surface area contributed by atoms with E-state index >= 15 is 0 Å². The summed E-state index contributed by atoms with van der Waals surface area (Å²) in [4.78, 5) is 0. The molecule has 1 aromatic carbocycles. The Labute approximate surface area is 122 Å². The fourth-order valence-corrected chi connectivity index (χ4v) is 2.89. The Morgan fingerprint density at radius 3 is 2.60 bits per heavy atom. The van der Waals surface area contributed by atoms with Crippen molar-refractivity contribution in [2.45, 2.75) is 65.5 Å². The van der Waals surface area contributed by atoms with E-state index in [1.807, 2.05) is 12.1 Å². The number of benzene rings is 1. The second kappa shape index (κ2) is 6.94. The van der Waals surface area contributed by atoms with E-state index < -0.39 is 0 Å². The first-order valence-electron chi connectivity index (χ1n) is 7.87. The third kappa shape index (κ3) is 3.43. The number of unbranched alkanes of at least 4 members (excludes halogenated alkanes) is 2. The quantitative estimate of drug-likeness (QED) is 0.687. The lowest BCUT2D eigenvalue weighted by molar-refractivity contribution is 0.390. The summed E-state index contributed by atoms with van der Waals surface area (Å²) in [6.45, 7) is 8.87. The Kier molecular flexibility index (Phi) is 5.24. The second-order valence-electron chi connectivity index (χ2n) is 5.87. The zero-order valence-corrected chi connectivity index (χ0v) is 13.2. The Balaban J connectivity index is 2.03. The molecule has 0 amide bonds.